The summed E-state index contributed by atoms with van der Waals surface area (Å²) in [5, 5.41) is 3.01. The Kier molecular flexibility index (Phi) is 5.12. The number of para-hydroxylation sites is 1. The zero-order valence-corrected chi connectivity index (χ0v) is 16.6. The van der Waals surface area contributed by atoms with Crippen LogP contribution in [0.2, 0.25) is 0 Å². The van der Waals surface area contributed by atoms with E-state index in [0.717, 1.165) is 39.6 Å². The van der Waals surface area contributed by atoms with Crippen molar-refractivity contribution in [1.82, 2.24) is 14.7 Å². The first-order chi connectivity index (χ1) is 13.7. The summed E-state index contributed by atoms with van der Waals surface area (Å²) in [6.07, 6.45) is 2.71. The number of imidazole rings is 1. The average molecular weight is 391 g/mol. The van der Waals surface area contributed by atoms with Crippen LogP contribution >= 0.6 is 11.3 Å². The van der Waals surface area contributed by atoms with Gasteiger partial charge in [-0.25, -0.2) is 4.98 Å². The number of methoxy groups -OCH3 is 1. The minimum Gasteiger partial charge on any atom is -0.496 e. The summed E-state index contributed by atoms with van der Waals surface area (Å²) in [6, 6.07) is 17.9. The van der Waals surface area contributed by atoms with Gasteiger partial charge >= 0.3 is 0 Å². The van der Waals surface area contributed by atoms with E-state index in [-0.39, 0.29) is 5.91 Å². The molecule has 6 heteroatoms. The highest BCUT2D eigenvalue weighted by molar-refractivity contribution is 7.19. The fourth-order valence-corrected chi connectivity index (χ4v) is 4.23. The molecule has 2 aromatic carbocycles. The van der Waals surface area contributed by atoms with Gasteiger partial charge in [0.25, 0.3) is 5.91 Å². The highest BCUT2D eigenvalue weighted by Gasteiger charge is 2.18. The lowest BCUT2D eigenvalue weighted by atomic mass is 10.1. The molecule has 28 heavy (non-hydrogen) atoms. The lowest BCUT2D eigenvalue weighted by Crippen LogP contribution is -2.25. The molecule has 4 aromatic rings. The molecular formula is C22H21N3O2S. The first-order valence-corrected chi connectivity index (χ1v) is 9.93. The lowest BCUT2D eigenvalue weighted by Gasteiger charge is -2.08. The number of aryl methyl sites for hydroxylation is 1. The molecule has 142 valence electrons. The van der Waals surface area contributed by atoms with E-state index in [4.69, 9.17) is 4.74 Å². The molecule has 5 nitrogen and oxygen atoms in total. The fraction of sp³-hybridized carbons (Fsp3) is 0.182. The number of fused-ring (bicyclic) bond motifs is 1. The molecular weight excluding hydrogens is 370 g/mol. The number of benzene rings is 2. The van der Waals surface area contributed by atoms with E-state index in [1.807, 2.05) is 72.1 Å². The molecule has 2 aromatic heterocycles. The number of nitrogens with one attached hydrogen (secondary N) is 1. The molecule has 1 N–H and O–H groups in total. The number of hydrogen-bond acceptors (Lipinski definition) is 4. The second-order valence-corrected chi connectivity index (χ2v) is 7.46. The van der Waals surface area contributed by atoms with Crippen LogP contribution in [0.15, 0.2) is 60.8 Å². The van der Waals surface area contributed by atoms with Crippen LogP contribution in [0.25, 0.3) is 16.2 Å². The van der Waals surface area contributed by atoms with Gasteiger partial charge in [-0.05, 0) is 25.0 Å². The maximum absolute atomic E-state index is 12.7. The van der Waals surface area contributed by atoms with Crippen LogP contribution < -0.4 is 10.1 Å². The predicted octanol–water partition coefficient (Wildman–Crippen LogP) is 4.35. The van der Waals surface area contributed by atoms with Crippen molar-refractivity contribution in [3.8, 4) is 17.0 Å². The smallest absolute Gasteiger partial charge is 0.263 e. The van der Waals surface area contributed by atoms with E-state index in [1.165, 1.54) is 11.3 Å². The molecule has 2 heterocycles. The normalized spacial score (nSPS) is 10.9. The molecule has 0 radical (unpaired) electrons. The van der Waals surface area contributed by atoms with Crippen LogP contribution in [-0.2, 0) is 6.42 Å². The van der Waals surface area contributed by atoms with Gasteiger partial charge in [-0.15, -0.1) is 0 Å². The van der Waals surface area contributed by atoms with E-state index in [0.29, 0.717) is 11.4 Å². The zero-order chi connectivity index (χ0) is 19.5. The molecule has 1 amide bonds. The summed E-state index contributed by atoms with van der Waals surface area (Å²) in [6.45, 7) is 2.50. The molecule has 0 aliphatic rings. The molecule has 0 aliphatic carbocycles. The third-order valence-corrected chi connectivity index (χ3v) is 5.86. The van der Waals surface area contributed by atoms with Crippen molar-refractivity contribution < 1.29 is 9.53 Å². The Hall–Kier alpha value is -3.12. The zero-order valence-electron chi connectivity index (χ0n) is 15.8. The van der Waals surface area contributed by atoms with Crippen molar-refractivity contribution in [1.29, 1.82) is 0 Å². The Bertz CT molecular complexity index is 1120. The Morgan fingerprint density at radius 1 is 1.14 bits per heavy atom. The highest BCUT2D eigenvalue weighted by Crippen LogP contribution is 2.27. The number of ether oxygens (including phenoxy) is 1. The summed E-state index contributed by atoms with van der Waals surface area (Å²) >= 11 is 1.42. The van der Waals surface area contributed by atoms with Gasteiger partial charge in [0.05, 0.1) is 12.8 Å². The van der Waals surface area contributed by atoms with E-state index in [9.17, 15) is 4.79 Å². The third kappa shape index (κ3) is 3.51. The summed E-state index contributed by atoms with van der Waals surface area (Å²) in [7, 11) is 1.66. The highest BCUT2D eigenvalue weighted by atomic mass is 32.1. The summed E-state index contributed by atoms with van der Waals surface area (Å²) in [4.78, 5) is 18.9. The monoisotopic (exact) mass is 391 g/mol. The maximum atomic E-state index is 12.7. The van der Waals surface area contributed by atoms with Gasteiger partial charge in [0.1, 0.15) is 10.6 Å². The number of hydrogen-bond donors (Lipinski definition) is 1. The van der Waals surface area contributed by atoms with Crippen LogP contribution in [0.4, 0.5) is 0 Å². The van der Waals surface area contributed by atoms with E-state index in [1.54, 1.807) is 7.11 Å². The van der Waals surface area contributed by atoms with Gasteiger partial charge < -0.3 is 10.1 Å². The van der Waals surface area contributed by atoms with Crippen molar-refractivity contribution in [2.75, 3.05) is 13.7 Å². The van der Waals surface area contributed by atoms with Crippen LogP contribution in [-0.4, -0.2) is 28.9 Å². The number of carbonyl (C=O) groups is 1. The van der Waals surface area contributed by atoms with E-state index in [2.05, 4.69) is 10.3 Å². The molecule has 0 atom stereocenters. The van der Waals surface area contributed by atoms with Gasteiger partial charge in [0, 0.05) is 24.0 Å². The average Bonchev–Trinajstić information content (AvgIpc) is 3.28. The van der Waals surface area contributed by atoms with Crippen LogP contribution in [0.1, 0.15) is 20.9 Å². The van der Waals surface area contributed by atoms with Crippen LogP contribution in [0.5, 0.6) is 5.75 Å². The minimum atomic E-state index is -0.0656. The van der Waals surface area contributed by atoms with Gasteiger partial charge in [-0.3, -0.25) is 9.20 Å². The van der Waals surface area contributed by atoms with E-state index < -0.39 is 0 Å². The topological polar surface area (TPSA) is 55.6 Å². The van der Waals surface area contributed by atoms with Gasteiger partial charge in [-0.2, -0.15) is 0 Å². The summed E-state index contributed by atoms with van der Waals surface area (Å²) < 4.78 is 7.35. The lowest BCUT2D eigenvalue weighted by molar-refractivity contribution is 0.0957. The fourth-order valence-electron chi connectivity index (χ4n) is 3.21. The number of carbonyl (C=O) groups excluding carboxylic acids is 1. The first kappa shape index (κ1) is 18.3. The Morgan fingerprint density at radius 3 is 2.64 bits per heavy atom. The number of rotatable bonds is 6. The maximum Gasteiger partial charge on any atom is 0.263 e. The molecule has 0 saturated heterocycles. The van der Waals surface area contributed by atoms with Gasteiger partial charge in [0.15, 0.2) is 4.96 Å². The van der Waals surface area contributed by atoms with Crippen molar-refractivity contribution in [3.63, 3.8) is 0 Å². The van der Waals surface area contributed by atoms with Gasteiger partial charge in [-0.1, -0.05) is 59.9 Å². The predicted molar refractivity (Wildman–Crippen MR) is 112 cm³/mol. The van der Waals surface area contributed by atoms with Gasteiger partial charge in [0.2, 0.25) is 0 Å². The first-order valence-electron chi connectivity index (χ1n) is 9.11. The largest absolute Gasteiger partial charge is 0.496 e. The summed E-state index contributed by atoms with van der Waals surface area (Å²) in [5.41, 5.74) is 3.97. The minimum absolute atomic E-state index is 0.0656. The Morgan fingerprint density at radius 2 is 1.89 bits per heavy atom. The standard InChI is InChI=1S/C22H21N3O2S/c1-15-20(21(26)23-13-12-17-10-6-7-11-19(17)27-2)28-22-24-18(14-25(15)22)16-8-4-3-5-9-16/h3-11,14H,12-13H2,1-2H3,(H,23,26). The number of nitrogens with zero attached hydrogens (tertiary/aromatic N) is 2. The van der Waals surface area contributed by atoms with Crippen molar-refractivity contribution in [3.05, 3.63) is 76.9 Å². The number of thiazole rings is 1. The summed E-state index contributed by atoms with van der Waals surface area (Å²) in [5.74, 6) is 0.778. The van der Waals surface area contributed by atoms with Crippen LogP contribution in [0, 0.1) is 6.92 Å². The molecule has 0 fully saturated rings. The Labute approximate surface area is 167 Å². The van der Waals surface area contributed by atoms with E-state index >= 15 is 0 Å². The SMILES string of the molecule is COc1ccccc1CCNC(=O)c1sc2nc(-c3ccccc3)cn2c1C. The molecule has 0 spiro atoms. The molecule has 0 bridgehead atoms. The second kappa shape index (κ2) is 7.86. The molecule has 4 rings (SSSR count). The number of aromatic nitrogens is 2. The third-order valence-electron chi connectivity index (χ3n) is 4.71. The molecule has 0 aliphatic heterocycles. The van der Waals surface area contributed by atoms with Crippen LogP contribution in [0.3, 0.4) is 0 Å². The molecule has 0 saturated carbocycles. The second-order valence-electron chi connectivity index (χ2n) is 6.48. The van der Waals surface area contributed by atoms with Crippen molar-refractivity contribution in [2.24, 2.45) is 0 Å². The van der Waals surface area contributed by atoms with Crippen molar-refractivity contribution >= 4 is 22.2 Å². The molecule has 0 unspecified atom stereocenters. The van der Waals surface area contributed by atoms with Crippen molar-refractivity contribution in [2.45, 2.75) is 13.3 Å². The quantitative estimate of drug-likeness (QED) is 0.532. The Balaban J connectivity index is 1.47. The number of amides is 1.